The van der Waals surface area contributed by atoms with Gasteiger partial charge in [-0.25, -0.2) is 0 Å². The number of rotatable bonds is 9. The monoisotopic (exact) mass is 377 g/mol. The molecule has 0 saturated carbocycles. The first-order chi connectivity index (χ1) is 12.5. The molecule has 0 aromatic heterocycles. The van der Waals surface area contributed by atoms with Gasteiger partial charge in [-0.2, -0.15) is 0 Å². The summed E-state index contributed by atoms with van der Waals surface area (Å²) in [7, 11) is 3.30. The molecular weight excluding hydrogens is 354 g/mol. The summed E-state index contributed by atoms with van der Waals surface area (Å²) < 4.78 is 16.4. The van der Waals surface area contributed by atoms with E-state index in [4.69, 9.17) is 25.8 Å². The molecule has 0 radical (unpaired) electrons. The summed E-state index contributed by atoms with van der Waals surface area (Å²) in [5.74, 6) is 1.96. The summed E-state index contributed by atoms with van der Waals surface area (Å²) in [6.45, 7) is 3.07. The van der Waals surface area contributed by atoms with Crippen LogP contribution in [0.25, 0.3) is 0 Å². The Morgan fingerprint density at radius 3 is 2.35 bits per heavy atom. The van der Waals surface area contributed by atoms with E-state index >= 15 is 0 Å². The molecule has 0 heterocycles. The van der Waals surface area contributed by atoms with Crippen molar-refractivity contribution in [1.29, 1.82) is 0 Å². The summed E-state index contributed by atoms with van der Waals surface area (Å²) in [6, 6.07) is 12.6. The minimum atomic E-state index is -0.140. The molecule has 0 bridgehead atoms. The number of hydrogen-bond donors (Lipinski definition) is 0. The number of ether oxygens (including phenoxy) is 3. The van der Waals surface area contributed by atoms with Crippen LogP contribution in [0.2, 0.25) is 5.02 Å². The maximum Gasteiger partial charge on any atom is 0.260 e. The maximum atomic E-state index is 12.3. The predicted octanol–water partition coefficient (Wildman–Crippen LogP) is 4.17. The highest BCUT2D eigenvalue weighted by Gasteiger charge is 2.13. The minimum Gasteiger partial charge on any atom is -0.496 e. The van der Waals surface area contributed by atoms with Crippen molar-refractivity contribution in [3.8, 4) is 17.2 Å². The van der Waals surface area contributed by atoms with Crippen LogP contribution in [0.15, 0.2) is 42.5 Å². The van der Waals surface area contributed by atoms with Gasteiger partial charge in [0.05, 0.1) is 13.7 Å². The molecule has 2 rings (SSSR count). The largest absolute Gasteiger partial charge is 0.496 e. The van der Waals surface area contributed by atoms with Gasteiger partial charge < -0.3 is 19.1 Å². The van der Waals surface area contributed by atoms with E-state index in [0.717, 1.165) is 17.7 Å². The average Bonchev–Trinajstić information content (AvgIpc) is 2.65. The third-order valence-electron chi connectivity index (χ3n) is 3.73. The fraction of sp³-hybridized carbons (Fsp3) is 0.350. The number of nitrogens with zero attached hydrogens (tertiary/aromatic N) is 1. The van der Waals surface area contributed by atoms with Crippen molar-refractivity contribution in [2.75, 3.05) is 27.4 Å². The van der Waals surface area contributed by atoms with Gasteiger partial charge in [-0.15, -0.1) is 0 Å². The van der Waals surface area contributed by atoms with E-state index in [1.807, 2.05) is 12.1 Å². The number of methoxy groups -OCH3 is 1. The van der Waals surface area contributed by atoms with Crippen molar-refractivity contribution < 1.29 is 19.0 Å². The zero-order valence-electron chi connectivity index (χ0n) is 15.3. The molecule has 1 amide bonds. The number of amides is 1. The van der Waals surface area contributed by atoms with Crippen molar-refractivity contribution in [2.45, 2.75) is 19.9 Å². The van der Waals surface area contributed by atoms with Crippen molar-refractivity contribution >= 4 is 17.5 Å². The standard InChI is InChI=1S/C20H24ClNO4/c1-4-11-25-17-6-8-18(9-7-17)26-14-20(23)22(2)13-15-12-16(21)5-10-19(15)24-3/h5-10,12H,4,11,13-14H2,1-3H3. The molecule has 6 heteroatoms. The van der Waals surface area contributed by atoms with Gasteiger partial charge in [0.15, 0.2) is 6.61 Å². The molecule has 0 aliphatic heterocycles. The van der Waals surface area contributed by atoms with E-state index in [2.05, 4.69) is 6.92 Å². The first kappa shape index (κ1) is 19.9. The second-order valence-corrected chi connectivity index (χ2v) is 6.25. The lowest BCUT2D eigenvalue weighted by atomic mass is 10.2. The normalized spacial score (nSPS) is 10.3. The number of carbonyl (C=O) groups excluding carboxylic acids is 1. The van der Waals surface area contributed by atoms with Crippen LogP contribution in [0.1, 0.15) is 18.9 Å². The Hall–Kier alpha value is -2.40. The van der Waals surface area contributed by atoms with Gasteiger partial charge in [0.2, 0.25) is 0 Å². The highest BCUT2D eigenvalue weighted by molar-refractivity contribution is 6.30. The maximum absolute atomic E-state index is 12.3. The number of halogens is 1. The molecule has 26 heavy (non-hydrogen) atoms. The van der Waals surface area contributed by atoms with E-state index in [1.54, 1.807) is 49.4 Å². The molecular formula is C20H24ClNO4. The number of likely N-dealkylation sites (N-methyl/N-ethyl adjacent to an activating group) is 1. The SMILES string of the molecule is CCCOc1ccc(OCC(=O)N(C)Cc2cc(Cl)ccc2OC)cc1. The Kier molecular flexibility index (Phi) is 7.60. The molecule has 0 unspecified atom stereocenters. The molecule has 0 spiro atoms. The number of carbonyl (C=O) groups is 1. The molecule has 0 aliphatic carbocycles. The van der Waals surface area contributed by atoms with Crippen LogP contribution in [0.4, 0.5) is 0 Å². The highest BCUT2D eigenvalue weighted by atomic mass is 35.5. The van der Waals surface area contributed by atoms with E-state index in [9.17, 15) is 4.79 Å². The topological polar surface area (TPSA) is 48.0 Å². The highest BCUT2D eigenvalue weighted by Crippen LogP contribution is 2.24. The van der Waals surface area contributed by atoms with Crippen LogP contribution < -0.4 is 14.2 Å². The first-order valence-electron chi connectivity index (χ1n) is 8.45. The van der Waals surface area contributed by atoms with E-state index in [0.29, 0.717) is 29.7 Å². The summed E-state index contributed by atoms with van der Waals surface area (Å²) in [5, 5.41) is 0.600. The molecule has 0 aliphatic rings. The molecule has 0 saturated heterocycles. The Morgan fingerprint density at radius 2 is 1.73 bits per heavy atom. The molecule has 2 aromatic rings. The number of benzene rings is 2. The van der Waals surface area contributed by atoms with Crippen LogP contribution in [0.5, 0.6) is 17.2 Å². The van der Waals surface area contributed by atoms with Crippen molar-refractivity contribution in [3.63, 3.8) is 0 Å². The van der Waals surface area contributed by atoms with Gasteiger partial charge in [0.25, 0.3) is 5.91 Å². The Balaban J connectivity index is 1.88. The lowest BCUT2D eigenvalue weighted by molar-refractivity contribution is -0.132. The van der Waals surface area contributed by atoms with E-state index in [1.165, 1.54) is 0 Å². The number of hydrogen-bond acceptors (Lipinski definition) is 4. The Bertz CT molecular complexity index is 718. The fourth-order valence-electron chi connectivity index (χ4n) is 2.32. The Labute approximate surface area is 159 Å². The van der Waals surface area contributed by atoms with Gasteiger partial charge in [0, 0.05) is 24.2 Å². The van der Waals surface area contributed by atoms with Crippen LogP contribution >= 0.6 is 11.6 Å². The molecule has 0 N–H and O–H groups in total. The average molecular weight is 378 g/mol. The molecule has 5 nitrogen and oxygen atoms in total. The quantitative estimate of drug-likeness (QED) is 0.658. The van der Waals surface area contributed by atoms with Crippen molar-refractivity contribution in [1.82, 2.24) is 4.90 Å². The van der Waals surface area contributed by atoms with Gasteiger partial charge in [-0.1, -0.05) is 18.5 Å². The second-order valence-electron chi connectivity index (χ2n) is 5.81. The van der Waals surface area contributed by atoms with Gasteiger partial charge >= 0.3 is 0 Å². The van der Waals surface area contributed by atoms with Gasteiger partial charge in [-0.3, -0.25) is 4.79 Å². The fourth-order valence-corrected chi connectivity index (χ4v) is 2.52. The summed E-state index contributed by atoms with van der Waals surface area (Å²) in [6.07, 6.45) is 0.955. The second kappa shape index (κ2) is 9.92. The lowest BCUT2D eigenvalue weighted by Gasteiger charge is -2.19. The van der Waals surface area contributed by atoms with Gasteiger partial charge in [-0.05, 0) is 48.9 Å². The van der Waals surface area contributed by atoms with Gasteiger partial charge in [0.1, 0.15) is 17.2 Å². The summed E-state index contributed by atoms with van der Waals surface area (Å²) in [4.78, 5) is 13.9. The van der Waals surface area contributed by atoms with Crippen LogP contribution in [0.3, 0.4) is 0 Å². The first-order valence-corrected chi connectivity index (χ1v) is 8.83. The molecule has 2 aromatic carbocycles. The zero-order chi connectivity index (χ0) is 18.9. The molecule has 140 valence electrons. The van der Waals surface area contributed by atoms with Crippen molar-refractivity contribution in [3.05, 3.63) is 53.1 Å². The third-order valence-corrected chi connectivity index (χ3v) is 3.97. The zero-order valence-corrected chi connectivity index (χ0v) is 16.1. The summed E-state index contributed by atoms with van der Waals surface area (Å²) >= 11 is 6.03. The molecule has 0 atom stereocenters. The van der Waals surface area contributed by atoms with Crippen LogP contribution in [-0.2, 0) is 11.3 Å². The van der Waals surface area contributed by atoms with Crippen LogP contribution in [-0.4, -0.2) is 38.2 Å². The summed E-state index contributed by atoms with van der Waals surface area (Å²) in [5.41, 5.74) is 0.841. The lowest BCUT2D eigenvalue weighted by Crippen LogP contribution is -2.31. The minimum absolute atomic E-state index is 0.0471. The molecule has 0 fully saturated rings. The predicted molar refractivity (Wildman–Crippen MR) is 102 cm³/mol. The van der Waals surface area contributed by atoms with E-state index in [-0.39, 0.29) is 12.5 Å². The van der Waals surface area contributed by atoms with E-state index < -0.39 is 0 Å². The van der Waals surface area contributed by atoms with Crippen LogP contribution in [0, 0.1) is 0 Å². The third kappa shape index (κ3) is 5.85. The van der Waals surface area contributed by atoms with Crippen molar-refractivity contribution in [2.24, 2.45) is 0 Å². The smallest absolute Gasteiger partial charge is 0.260 e. The Morgan fingerprint density at radius 1 is 1.08 bits per heavy atom.